The van der Waals surface area contributed by atoms with Gasteiger partial charge in [0.05, 0.1) is 0 Å². The third kappa shape index (κ3) is 9.54. The average molecular weight is 357 g/mol. The van der Waals surface area contributed by atoms with Gasteiger partial charge in [-0.25, -0.2) is 0 Å². The molecule has 0 saturated heterocycles. The Hall–Kier alpha value is 1.54. The molecule has 0 spiro atoms. The van der Waals surface area contributed by atoms with Gasteiger partial charge in [-0.05, 0) is 0 Å². The number of hydrogen-bond donors (Lipinski definition) is 0. The SMILES string of the molecule is C[Te]CCOCC[Te]C. The van der Waals surface area contributed by atoms with Crippen LogP contribution in [0.25, 0.3) is 0 Å². The van der Waals surface area contributed by atoms with E-state index in [1.807, 2.05) is 0 Å². The van der Waals surface area contributed by atoms with Crippen molar-refractivity contribution in [3.63, 3.8) is 0 Å². The Morgan fingerprint density at radius 2 is 1.44 bits per heavy atom. The normalized spacial score (nSPS) is 10.0. The van der Waals surface area contributed by atoms with E-state index in [0.29, 0.717) is 41.8 Å². The van der Waals surface area contributed by atoms with E-state index in [1.165, 1.54) is 8.94 Å². The summed E-state index contributed by atoms with van der Waals surface area (Å²) in [7, 11) is 0. The van der Waals surface area contributed by atoms with Gasteiger partial charge in [-0.2, -0.15) is 0 Å². The molecule has 0 fully saturated rings. The fourth-order valence-electron chi connectivity index (χ4n) is 0.387. The first-order chi connectivity index (χ1) is 4.41. The summed E-state index contributed by atoms with van der Waals surface area (Å²) in [6.45, 7) is 2.07. The Labute approximate surface area is 78.1 Å². The molecule has 9 heavy (non-hydrogen) atoms. The first-order valence-electron chi connectivity index (χ1n) is 2.97. The van der Waals surface area contributed by atoms with Gasteiger partial charge in [0.25, 0.3) is 0 Å². The molecule has 0 aliphatic heterocycles. The van der Waals surface area contributed by atoms with Crippen molar-refractivity contribution < 1.29 is 4.74 Å². The molecule has 0 heterocycles. The summed E-state index contributed by atoms with van der Waals surface area (Å²) in [4.78, 5) is 4.64. The summed E-state index contributed by atoms with van der Waals surface area (Å²) in [5.41, 5.74) is 0. The van der Waals surface area contributed by atoms with Crippen molar-refractivity contribution in [1.29, 1.82) is 0 Å². The van der Waals surface area contributed by atoms with Gasteiger partial charge in [-0.1, -0.05) is 0 Å². The molecule has 56 valence electrons. The molecular weight excluding hydrogens is 343 g/mol. The predicted molar refractivity (Wildman–Crippen MR) is 43.7 cm³/mol. The Morgan fingerprint density at radius 1 is 1.00 bits per heavy atom. The molecule has 0 saturated carbocycles. The maximum absolute atomic E-state index is 5.38. The van der Waals surface area contributed by atoms with E-state index < -0.39 is 0 Å². The van der Waals surface area contributed by atoms with Crippen LogP contribution in [0.1, 0.15) is 0 Å². The fraction of sp³-hybridized carbons (Fsp3) is 1.00. The van der Waals surface area contributed by atoms with Gasteiger partial charge in [0, 0.05) is 0 Å². The van der Waals surface area contributed by atoms with Crippen molar-refractivity contribution in [3.05, 3.63) is 0 Å². The van der Waals surface area contributed by atoms with E-state index in [-0.39, 0.29) is 0 Å². The second kappa shape index (κ2) is 9.54. The van der Waals surface area contributed by atoms with E-state index in [9.17, 15) is 0 Å². The number of hydrogen-bond acceptors (Lipinski definition) is 1. The van der Waals surface area contributed by atoms with Gasteiger partial charge >= 0.3 is 78.7 Å². The summed E-state index contributed by atoms with van der Waals surface area (Å²) in [6.07, 6.45) is 0. The molecule has 0 amide bonds. The first-order valence-corrected chi connectivity index (χ1v) is 10.9. The van der Waals surface area contributed by atoms with Crippen molar-refractivity contribution in [3.8, 4) is 0 Å². The van der Waals surface area contributed by atoms with E-state index in [2.05, 4.69) is 9.94 Å². The van der Waals surface area contributed by atoms with Crippen LogP contribution in [0.3, 0.4) is 0 Å². The molecule has 0 atom stereocenters. The van der Waals surface area contributed by atoms with Gasteiger partial charge in [-0.3, -0.25) is 0 Å². The maximum atomic E-state index is 5.38. The average Bonchev–Trinajstić information content (AvgIpc) is 1.89. The third-order valence-corrected chi connectivity index (χ3v) is 4.15. The molecule has 0 aliphatic rings. The van der Waals surface area contributed by atoms with Crippen molar-refractivity contribution in [1.82, 2.24) is 0 Å². The minimum atomic E-state index is 0.329. The molecular formula is C6H14OTe2. The van der Waals surface area contributed by atoms with Gasteiger partial charge in [-0.15, -0.1) is 0 Å². The Bertz CT molecular complexity index is 44.3. The van der Waals surface area contributed by atoms with Gasteiger partial charge < -0.3 is 0 Å². The van der Waals surface area contributed by atoms with Crippen LogP contribution in [0, 0.1) is 0 Å². The van der Waals surface area contributed by atoms with Crippen LogP contribution in [0.4, 0.5) is 0 Å². The van der Waals surface area contributed by atoms with Crippen LogP contribution in [0.2, 0.25) is 18.9 Å². The molecule has 0 aliphatic carbocycles. The van der Waals surface area contributed by atoms with Crippen molar-refractivity contribution in [2.75, 3.05) is 13.2 Å². The fourth-order valence-corrected chi connectivity index (χ4v) is 2.01. The monoisotopic (exact) mass is 362 g/mol. The summed E-state index contributed by atoms with van der Waals surface area (Å²) < 4.78 is 8.09. The number of rotatable bonds is 6. The second-order valence-corrected chi connectivity index (χ2v) is 7.22. The van der Waals surface area contributed by atoms with Crippen LogP contribution in [-0.4, -0.2) is 55.1 Å². The van der Waals surface area contributed by atoms with E-state index >= 15 is 0 Å². The van der Waals surface area contributed by atoms with E-state index in [0.717, 1.165) is 13.2 Å². The summed E-state index contributed by atoms with van der Waals surface area (Å²) in [5.74, 6) is 0. The predicted octanol–water partition coefficient (Wildman–Crippen LogP) is 1.34. The molecule has 0 radical (unpaired) electrons. The molecule has 0 aromatic carbocycles. The van der Waals surface area contributed by atoms with Crippen molar-refractivity contribution >= 4 is 41.8 Å². The van der Waals surface area contributed by atoms with Crippen LogP contribution in [-0.2, 0) is 4.74 Å². The number of ether oxygens (including phenoxy) is 1. The molecule has 0 N–H and O–H groups in total. The van der Waals surface area contributed by atoms with E-state index in [4.69, 9.17) is 4.74 Å². The Balaban J connectivity index is 2.60. The van der Waals surface area contributed by atoms with Gasteiger partial charge in [0.2, 0.25) is 0 Å². The topological polar surface area (TPSA) is 9.23 Å². The van der Waals surface area contributed by atoms with Crippen LogP contribution in [0.5, 0.6) is 0 Å². The molecule has 1 nitrogen and oxygen atoms in total. The second-order valence-electron chi connectivity index (χ2n) is 1.60. The quantitative estimate of drug-likeness (QED) is 0.515. The van der Waals surface area contributed by atoms with Crippen LogP contribution in [0.15, 0.2) is 0 Å². The summed E-state index contributed by atoms with van der Waals surface area (Å²) >= 11 is 0.657. The molecule has 0 unspecified atom stereocenters. The molecule has 0 rings (SSSR count). The Morgan fingerprint density at radius 3 is 1.78 bits per heavy atom. The minimum absolute atomic E-state index is 0.329. The molecule has 0 aromatic rings. The van der Waals surface area contributed by atoms with Crippen LogP contribution >= 0.6 is 0 Å². The standard InChI is InChI=1S/C6H14OTe2/c1-8-5-3-7-4-6-9-2/h3-6H2,1-2H3. The van der Waals surface area contributed by atoms with Crippen molar-refractivity contribution in [2.45, 2.75) is 18.9 Å². The summed E-state index contributed by atoms with van der Waals surface area (Å²) in [6, 6.07) is 0. The molecule has 0 bridgehead atoms. The molecule has 3 heteroatoms. The zero-order valence-electron chi connectivity index (χ0n) is 6.05. The van der Waals surface area contributed by atoms with E-state index in [1.54, 1.807) is 0 Å². The Kier molecular flexibility index (Phi) is 11.2. The van der Waals surface area contributed by atoms with Crippen molar-refractivity contribution in [2.24, 2.45) is 0 Å². The first kappa shape index (κ1) is 10.5. The van der Waals surface area contributed by atoms with Crippen LogP contribution < -0.4 is 0 Å². The zero-order valence-corrected chi connectivity index (χ0v) is 10.7. The van der Waals surface area contributed by atoms with Gasteiger partial charge in [0.15, 0.2) is 0 Å². The van der Waals surface area contributed by atoms with Gasteiger partial charge in [0.1, 0.15) is 0 Å². The third-order valence-electron chi connectivity index (χ3n) is 0.864. The zero-order chi connectivity index (χ0) is 6.95. The summed E-state index contributed by atoms with van der Waals surface area (Å²) in [5, 5.41) is 0. The molecule has 0 aromatic heterocycles.